The standard InChI is InChI=1S/C85H70BN3/c1-85(2,3)68-53-80-82-81(54-68)89(84-74(63-35-21-9-22-36-63)50-67(60-29-15-6-16-30-60)51-75(84)64-37-23-10-24-38-64)79-55-69(87-70-44-56-43-57(46-70)47-71(87)45-56)40-41-76(79)86(82)77-52-65(58-25-11-4-12-26-58)39-42-78(77)88(80)83-72(61-31-17-7-18-32-61)48-66(59-27-13-5-14-28-59)49-73(83)62-33-19-8-20-34-62/h4-42,48-57,70-71H,43-47H2,1-3H3. The summed E-state index contributed by atoms with van der Waals surface area (Å²) in [6.45, 7) is 7.09. The Labute approximate surface area is 525 Å². The number of nitrogens with zero attached hydrogens (tertiary/aromatic N) is 3. The molecule has 0 radical (unpaired) electrons. The van der Waals surface area contributed by atoms with E-state index in [1.807, 2.05) is 0 Å². The van der Waals surface area contributed by atoms with Crippen LogP contribution in [0.4, 0.5) is 39.8 Å². The molecule has 3 nitrogen and oxygen atoms in total. The number of piperidine rings is 2. The molecule has 4 fully saturated rings. The Kier molecular flexibility index (Phi) is 12.9. The Hall–Kier alpha value is -9.90. The van der Waals surface area contributed by atoms with Crippen molar-refractivity contribution in [3.8, 4) is 77.9 Å². The lowest BCUT2D eigenvalue weighted by atomic mass is 9.33. The third kappa shape index (κ3) is 9.17. The first-order valence-corrected chi connectivity index (χ1v) is 32.3. The van der Waals surface area contributed by atoms with Crippen molar-refractivity contribution in [3.63, 3.8) is 0 Å². The Morgan fingerprint density at radius 1 is 0.303 bits per heavy atom. The largest absolute Gasteiger partial charge is 0.365 e. The van der Waals surface area contributed by atoms with Crippen LogP contribution in [0.25, 0.3) is 77.9 Å². The average Bonchev–Trinajstić information content (AvgIpc) is 0.805. The van der Waals surface area contributed by atoms with Crippen LogP contribution in [0.2, 0.25) is 0 Å². The highest BCUT2D eigenvalue weighted by Crippen LogP contribution is 2.57. The van der Waals surface area contributed by atoms with Gasteiger partial charge in [-0.25, -0.2) is 0 Å². The summed E-state index contributed by atoms with van der Waals surface area (Å²) < 4.78 is 0. The van der Waals surface area contributed by atoms with Crippen molar-refractivity contribution in [1.82, 2.24) is 0 Å². The van der Waals surface area contributed by atoms with Gasteiger partial charge in [0.05, 0.1) is 11.4 Å². The fraction of sp³-hybridized carbons (Fsp3) is 0.153. The molecule has 4 heteroatoms. The van der Waals surface area contributed by atoms with E-state index in [0.717, 1.165) is 17.5 Å². The second-order valence-corrected chi connectivity index (χ2v) is 26.8. The number of hydrogen-bond acceptors (Lipinski definition) is 3. The van der Waals surface area contributed by atoms with Crippen LogP contribution in [0, 0.1) is 11.8 Å². The van der Waals surface area contributed by atoms with Crippen LogP contribution in [-0.2, 0) is 5.41 Å². The lowest BCUT2D eigenvalue weighted by molar-refractivity contribution is 0.0900. The summed E-state index contributed by atoms with van der Waals surface area (Å²) in [5.41, 5.74) is 30.1. The van der Waals surface area contributed by atoms with Crippen molar-refractivity contribution in [2.45, 2.75) is 70.4 Å². The third-order valence-electron chi connectivity index (χ3n) is 20.4. The maximum absolute atomic E-state index is 2.91. The van der Waals surface area contributed by atoms with Gasteiger partial charge in [0.15, 0.2) is 0 Å². The molecule has 0 unspecified atom stereocenters. The van der Waals surface area contributed by atoms with E-state index >= 15 is 0 Å². The molecule has 0 spiro atoms. The third-order valence-corrected chi connectivity index (χ3v) is 20.4. The molecular weight excluding hydrogens is 1070 g/mol. The quantitative estimate of drug-likeness (QED) is 0.126. The van der Waals surface area contributed by atoms with Crippen molar-refractivity contribution in [2.75, 3.05) is 14.7 Å². The lowest BCUT2D eigenvalue weighted by Crippen LogP contribution is -2.62. The van der Waals surface area contributed by atoms with Crippen molar-refractivity contribution >= 4 is 62.9 Å². The van der Waals surface area contributed by atoms with Gasteiger partial charge in [-0.15, -0.1) is 0 Å². The number of hydrogen-bond donors (Lipinski definition) is 0. The molecular formula is C85H70BN3. The van der Waals surface area contributed by atoms with Crippen LogP contribution in [0.1, 0.15) is 58.4 Å². The van der Waals surface area contributed by atoms with E-state index in [1.165, 1.54) is 166 Å². The van der Waals surface area contributed by atoms with Crippen LogP contribution < -0.4 is 31.1 Å². The van der Waals surface area contributed by atoms with Crippen molar-refractivity contribution in [2.24, 2.45) is 11.8 Å². The molecule has 428 valence electrons. The minimum absolute atomic E-state index is 0.134. The van der Waals surface area contributed by atoms with Crippen LogP contribution in [0.3, 0.4) is 0 Å². The topological polar surface area (TPSA) is 9.72 Å². The Bertz CT molecular complexity index is 4490. The van der Waals surface area contributed by atoms with Gasteiger partial charge in [0.1, 0.15) is 0 Å². The molecule has 2 saturated heterocycles. The summed E-state index contributed by atoms with van der Waals surface area (Å²) in [4.78, 5) is 8.39. The van der Waals surface area contributed by atoms with Crippen molar-refractivity contribution in [1.29, 1.82) is 0 Å². The van der Waals surface area contributed by atoms with Gasteiger partial charge in [0.25, 0.3) is 6.71 Å². The molecule has 0 N–H and O–H groups in total. The fourth-order valence-corrected chi connectivity index (χ4v) is 16.5. The van der Waals surface area contributed by atoms with E-state index in [9.17, 15) is 0 Å². The Morgan fingerprint density at radius 2 is 0.674 bits per heavy atom. The molecule has 12 aromatic carbocycles. The molecule has 4 bridgehead atoms. The van der Waals surface area contributed by atoms with Gasteiger partial charge in [-0.3, -0.25) is 0 Å². The van der Waals surface area contributed by atoms with Crippen LogP contribution in [-0.4, -0.2) is 18.8 Å². The second-order valence-electron chi connectivity index (χ2n) is 26.8. The summed E-state index contributed by atoms with van der Waals surface area (Å²) >= 11 is 0. The Morgan fingerprint density at radius 3 is 1.07 bits per heavy atom. The first kappa shape index (κ1) is 53.4. The minimum Gasteiger partial charge on any atom is -0.365 e. The number of anilines is 7. The van der Waals surface area contributed by atoms with E-state index in [1.54, 1.807) is 0 Å². The minimum atomic E-state index is -0.257. The number of rotatable bonds is 10. The van der Waals surface area contributed by atoms with E-state index in [2.05, 4.69) is 321 Å². The molecule has 0 amide bonds. The zero-order chi connectivity index (χ0) is 59.3. The molecule has 2 saturated carbocycles. The molecule has 6 aliphatic rings. The summed E-state index contributed by atoms with van der Waals surface area (Å²) in [6, 6.07) is 109. The average molecular weight is 1140 g/mol. The maximum Gasteiger partial charge on any atom is 0.252 e. The summed E-state index contributed by atoms with van der Waals surface area (Å²) in [5, 5.41) is 0. The molecule has 2 aliphatic carbocycles. The van der Waals surface area contributed by atoms with Gasteiger partial charge < -0.3 is 14.7 Å². The first-order chi connectivity index (χ1) is 43.8. The van der Waals surface area contributed by atoms with Crippen molar-refractivity contribution < 1.29 is 0 Å². The zero-order valence-corrected chi connectivity index (χ0v) is 50.9. The van der Waals surface area contributed by atoms with Crippen LogP contribution in [0.5, 0.6) is 0 Å². The van der Waals surface area contributed by atoms with Gasteiger partial charge in [0.2, 0.25) is 0 Å². The SMILES string of the molecule is CC(C)(C)c1cc2c3c(c1)N(c1c(-c4ccccc4)cc(-c4ccccc4)cc1-c1ccccc1)c1cc(N4C5CC6CC(C5)CC4C6)ccc1B3c1cc(-c3ccccc3)ccc1N2c1c(-c2ccccc2)cc(-c2ccccc2)cc1-c1ccccc1. The molecule has 18 rings (SSSR count). The number of benzene rings is 12. The van der Waals surface area contributed by atoms with Crippen LogP contribution >= 0.6 is 0 Å². The highest BCUT2D eigenvalue weighted by Gasteiger charge is 2.49. The van der Waals surface area contributed by atoms with E-state index in [-0.39, 0.29) is 12.1 Å². The summed E-state index contributed by atoms with van der Waals surface area (Å²) in [7, 11) is 0. The van der Waals surface area contributed by atoms with Gasteiger partial charge in [0, 0.05) is 62.8 Å². The van der Waals surface area contributed by atoms with Gasteiger partial charge >= 0.3 is 0 Å². The van der Waals surface area contributed by atoms with Gasteiger partial charge in [-0.2, -0.15) is 0 Å². The molecule has 4 aliphatic heterocycles. The van der Waals surface area contributed by atoms with Crippen molar-refractivity contribution in [3.05, 3.63) is 291 Å². The molecule has 4 heterocycles. The highest BCUT2D eigenvalue weighted by atomic mass is 15.2. The normalized spacial score (nSPS) is 17.7. The molecule has 0 atom stereocenters. The van der Waals surface area contributed by atoms with Gasteiger partial charge in [-0.05, 0) is 182 Å². The molecule has 89 heavy (non-hydrogen) atoms. The highest BCUT2D eigenvalue weighted by molar-refractivity contribution is 7.00. The predicted octanol–water partition coefficient (Wildman–Crippen LogP) is 20.5. The van der Waals surface area contributed by atoms with E-state index in [4.69, 9.17) is 0 Å². The maximum atomic E-state index is 2.91. The molecule has 0 aromatic heterocycles. The van der Waals surface area contributed by atoms with Gasteiger partial charge in [-0.1, -0.05) is 251 Å². The Balaban J connectivity index is 1.03. The predicted molar refractivity (Wildman–Crippen MR) is 377 cm³/mol. The molecule has 12 aromatic rings. The van der Waals surface area contributed by atoms with Crippen LogP contribution in [0.15, 0.2) is 285 Å². The van der Waals surface area contributed by atoms with E-state index in [0.29, 0.717) is 12.1 Å². The monoisotopic (exact) mass is 1140 g/mol. The lowest BCUT2D eigenvalue weighted by Gasteiger charge is -2.57. The van der Waals surface area contributed by atoms with E-state index < -0.39 is 0 Å². The fourth-order valence-electron chi connectivity index (χ4n) is 16.5. The zero-order valence-electron chi connectivity index (χ0n) is 50.9. The smallest absolute Gasteiger partial charge is 0.252 e. The number of fused-ring (bicyclic) bond motifs is 4. The summed E-state index contributed by atoms with van der Waals surface area (Å²) in [5.74, 6) is 1.68. The second kappa shape index (κ2) is 21.5. The summed E-state index contributed by atoms with van der Waals surface area (Å²) in [6.07, 6.45) is 6.59. The first-order valence-electron chi connectivity index (χ1n) is 32.3.